The van der Waals surface area contributed by atoms with Gasteiger partial charge < -0.3 is 10.1 Å². The zero-order valence-electron chi connectivity index (χ0n) is 7.82. The molecular formula is C8H11N3O2S. The van der Waals surface area contributed by atoms with Gasteiger partial charge in [0.1, 0.15) is 5.01 Å². The van der Waals surface area contributed by atoms with Crippen LogP contribution in [0.4, 0.5) is 5.13 Å². The van der Waals surface area contributed by atoms with E-state index in [1.807, 2.05) is 6.92 Å². The minimum Gasteiger partial charge on any atom is -0.381 e. The van der Waals surface area contributed by atoms with E-state index in [9.17, 15) is 4.79 Å². The molecule has 1 amide bonds. The van der Waals surface area contributed by atoms with Gasteiger partial charge in [-0.25, -0.2) is 0 Å². The summed E-state index contributed by atoms with van der Waals surface area (Å²) in [7, 11) is 0. The highest BCUT2D eigenvalue weighted by Gasteiger charge is 2.24. The summed E-state index contributed by atoms with van der Waals surface area (Å²) in [4.78, 5) is 11.6. The van der Waals surface area contributed by atoms with Gasteiger partial charge in [0.15, 0.2) is 0 Å². The molecule has 6 heteroatoms. The molecule has 0 radical (unpaired) electrons. The average molecular weight is 213 g/mol. The van der Waals surface area contributed by atoms with Gasteiger partial charge in [0.05, 0.1) is 12.5 Å². The summed E-state index contributed by atoms with van der Waals surface area (Å²) in [6, 6.07) is 0. The Morgan fingerprint density at radius 3 is 3.07 bits per heavy atom. The lowest BCUT2D eigenvalue weighted by Gasteiger charge is -2.05. The highest BCUT2D eigenvalue weighted by molar-refractivity contribution is 7.15. The molecule has 2 rings (SSSR count). The fourth-order valence-electron chi connectivity index (χ4n) is 1.30. The second-order valence-electron chi connectivity index (χ2n) is 3.18. The molecule has 1 atom stereocenters. The fraction of sp³-hybridized carbons (Fsp3) is 0.625. The van der Waals surface area contributed by atoms with E-state index < -0.39 is 0 Å². The largest absolute Gasteiger partial charge is 0.381 e. The maximum absolute atomic E-state index is 11.6. The van der Waals surface area contributed by atoms with Gasteiger partial charge in [-0.15, -0.1) is 10.2 Å². The van der Waals surface area contributed by atoms with Crippen molar-refractivity contribution in [2.75, 3.05) is 18.5 Å². The number of aromatic nitrogens is 2. The van der Waals surface area contributed by atoms with E-state index in [4.69, 9.17) is 4.74 Å². The SMILES string of the molecule is Cc1nnc(NC(=O)C2CCOC2)s1. The number of rotatable bonds is 2. The molecule has 2 heterocycles. The van der Waals surface area contributed by atoms with Crippen LogP contribution in [0.5, 0.6) is 0 Å². The third-order valence-electron chi connectivity index (χ3n) is 2.06. The van der Waals surface area contributed by atoms with Crippen molar-refractivity contribution in [3.05, 3.63) is 5.01 Å². The Labute approximate surface area is 85.5 Å². The molecule has 0 saturated carbocycles. The van der Waals surface area contributed by atoms with Gasteiger partial charge in [0.2, 0.25) is 11.0 Å². The summed E-state index contributed by atoms with van der Waals surface area (Å²) < 4.78 is 5.13. The first kappa shape index (κ1) is 9.54. The quantitative estimate of drug-likeness (QED) is 0.790. The molecule has 1 aliphatic rings. The van der Waals surface area contributed by atoms with E-state index in [0.717, 1.165) is 11.4 Å². The third kappa shape index (κ3) is 2.08. The third-order valence-corrected chi connectivity index (χ3v) is 2.81. The van der Waals surface area contributed by atoms with Crippen LogP contribution in [0, 0.1) is 12.8 Å². The Kier molecular flexibility index (Phi) is 2.74. The van der Waals surface area contributed by atoms with Crippen molar-refractivity contribution in [1.82, 2.24) is 10.2 Å². The lowest BCUT2D eigenvalue weighted by Crippen LogP contribution is -2.22. The van der Waals surface area contributed by atoms with E-state index in [-0.39, 0.29) is 11.8 Å². The van der Waals surface area contributed by atoms with Crippen molar-refractivity contribution in [3.63, 3.8) is 0 Å². The van der Waals surface area contributed by atoms with Crippen molar-refractivity contribution in [2.45, 2.75) is 13.3 Å². The first-order chi connectivity index (χ1) is 6.75. The number of ether oxygens (including phenoxy) is 1. The van der Waals surface area contributed by atoms with Gasteiger partial charge in [0, 0.05) is 6.61 Å². The van der Waals surface area contributed by atoms with E-state index in [1.165, 1.54) is 11.3 Å². The van der Waals surface area contributed by atoms with Crippen LogP contribution < -0.4 is 5.32 Å². The van der Waals surface area contributed by atoms with Crippen LogP contribution in [-0.2, 0) is 9.53 Å². The molecule has 0 aliphatic carbocycles. The van der Waals surface area contributed by atoms with Crippen LogP contribution in [0.3, 0.4) is 0 Å². The normalized spacial score (nSPS) is 21.1. The van der Waals surface area contributed by atoms with Gasteiger partial charge in [-0.05, 0) is 13.3 Å². The first-order valence-corrected chi connectivity index (χ1v) is 5.26. The number of nitrogens with zero attached hydrogens (tertiary/aromatic N) is 2. The molecular weight excluding hydrogens is 202 g/mol. The minimum absolute atomic E-state index is 0.0151. The van der Waals surface area contributed by atoms with Gasteiger partial charge >= 0.3 is 0 Å². The second kappa shape index (κ2) is 4.02. The summed E-state index contributed by atoms with van der Waals surface area (Å²) in [5, 5.41) is 11.8. The van der Waals surface area contributed by atoms with Gasteiger partial charge in [-0.1, -0.05) is 11.3 Å². The van der Waals surface area contributed by atoms with Crippen LogP contribution in [0.25, 0.3) is 0 Å². The zero-order valence-corrected chi connectivity index (χ0v) is 8.63. The van der Waals surface area contributed by atoms with E-state index in [1.54, 1.807) is 0 Å². The predicted molar refractivity (Wildman–Crippen MR) is 52.2 cm³/mol. The molecule has 76 valence electrons. The molecule has 1 fully saturated rings. The molecule has 0 spiro atoms. The van der Waals surface area contributed by atoms with Crippen LogP contribution in [-0.4, -0.2) is 29.3 Å². The highest BCUT2D eigenvalue weighted by atomic mass is 32.1. The van der Waals surface area contributed by atoms with Gasteiger partial charge in [-0.2, -0.15) is 0 Å². The number of amides is 1. The number of carbonyl (C=O) groups excluding carboxylic acids is 1. The number of hydrogen-bond donors (Lipinski definition) is 1. The Morgan fingerprint density at radius 2 is 2.50 bits per heavy atom. The maximum atomic E-state index is 11.6. The number of hydrogen-bond acceptors (Lipinski definition) is 5. The molecule has 1 aromatic heterocycles. The monoisotopic (exact) mass is 213 g/mol. The Bertz CT molecular complexity index is 333. The van der Waals surface area contributed by atoms with E-state index >= 15 is 0 Å². The van der Waals surface area contributed by atoms with Crippen molar-refractivity contribution < 1.29 is 9.53 Å². The maximum Gasteiger partial charge on any atom is 0.231 e. The molecule has 14 heavy (non-hydrogen) atoms. The lowest BCUT2D eigenvalue weighted by molar-refractivity contribution is -0.119. The number of anilines is 1. The topological polar surface area (TPSA) is 64.1 Å². The zero-order chi connectivity index (χ0) is 9.97. The van der Waals surface area contributed by atoms with Crippen molar-refractivity contribution in [3.8, 4) is 0 Å². The smallest absolute Gasteiger partial charge is 0.231 e. The molecule has 0 bridgehead atoms. The van der Waals surface area contributed by atoms with E-state index in [2.05, 4.69) is 15.5 Å². The fourth-order valence-corrected chi connectivity index (χ4v) is 1.89. The molecule has 0 aromatic carbocycles. The summed E-state index contributed by atoms with van der Waals surface area (Å²) in [5.41, 5.74) is 0. The van der Waals surface area contributed by atoms with Gasteiger partial charge in [-0.3, -0.25) is 4.79 Å². The molecule has 1 unspecified atom stereocenters. The van der Waals surface area contributed by atoms with Crippen LogP contribution in [0.2, 0.25) is 0 Å². The van der Waals surface area contributed by atoms with Crippen LogP contribution in [0.15, 0.2) is 0 Å². The second-order valence-corrected chi connectivity index (χ2v) is 4.36. The molecule has 5 nitrogen and oxygen atoms in total. The van der Waals surface area contributed by atoms with Crippen molar-refractivity contribution >= 4 is 22.4 Å². The highest BCUT2D eigenvalue weighted by Crippen LogP contribution is 2.18. The van der Waals surface area contributed by atoms with Crippen molar-refractivity contribution in [2.24, 2.45) is 5.92 Å². The van der Waals surface area contributed by atoms with Crippen LogP contribution >= 0.6 is 11.3 Å². The minimum atomic E-state index is -0.0285. The Hall–Kier alpha value is -1.01. The van der Waals surface area contributed by atoms with E-state index in [0.29, 0.717) is 18.3 Å². The average Bonchev–Trinajstić information content (AvgIpc) is 2.75. The first-order valence-electron chi connectivity index (χ1n) is 4.44. The standard InChI is InChI=1S/C8H11N3O2S/c1-5-10-11-8(14-5)9-7(12)6-2-3-13-4-6/h6H,2-4H2,1H3,(H,9,11,12). The van der Waals surface area contributed by atoms with Gasteiger partial charge in [0.25, 0.3) is 0 Å². The van der Waals surface area contributed by atoms with Crippen molar-refractivity contribution in [1.29, 1.82) is 0 Å². The summed E-state index contributed by atoms with van der Waals surface area (Å²) in [6.07, 6.45) is 0.795. The number of carbonyl (C=O) groups is 1. The summed E-state index contributed by atoms with van der Waals surface area (Å²) >= 11 is 1.38. The van der Waals surface area contributed by atoms with Crippen LogP contribution in [0.1, 0.15) is 11.4 Å². The predicted octanol–water partition coefficient (Wildman–Crippen LogP) is 0.822. The Balaban J connectivity index is 1.93. The summed E-state index contributed by atoms with van der Waals surface area (Å²) in [5.74, 6) is -0.0437. The lowest BCUT2D eigenvalue weighted by atomic mass is 10.1. The molecule has 1 aliphatic heterocycles. The Morgan fingerprint density at radius 1 is 1.64 bits per heavy atom. The number of aryl methyl sites for hydroxylation is 1. The number of nitrogens with one attached hydrogen (secondary N) is 1. The molecule has 1 aromatic rings. The molecule has 1 saturated heterocycles. The summed E-state index contributed by atoms with van der Waals surface area (Å²) in [6.45, 7) is 3.04. The molecule has 1 N–H and O–H groups in total.